The number of H-pyrrole nitrogens is 1. The Balaban J connectivity index is 1.31. The van der Waals surface area contributed by atoms with E-state index in [1.807, 2.05) is 36.4 Å². The Morgan fingerprint density at radius 2 is 1.67 bits per heavy atom. The molecule has 0 radical (unpaired) electrons. The Bertz CT molecular complexity index is 1400. The second kappa shape index (κ2) is 8.65. The van der Waals surface area contributed by atoms with E-state index in [9.17, 15) is 24.6 Å². The predicted octanol–water partition coefficient (Wildman–Crippen LogP) is 2.94. The van der Waals surface area contributed by atoms with Gasteiger partial charge in [0.15, 0.2) is 0 Å². The quantitative estimate of drug-likeness (QED) is 0.500. The highest BCUT2D eigenvalue weighted by atomic mass is 16.5. The molecule has 2 aromatic carbocycles. The number of aromatic nitrogens is 2. The average Bonchev–Trinajstić information content (AvgIpc) is 3.63. The van der Waals surface area contributed by atoms with Crippen LogP contribution < -0.4 is 16.0 Å². The molecule has 36 heavy (non-hydrogen) atoms. The molecule has 3 heterocycles. The molecular weight excluding hydrogens is 466 g/mol. The van der Waals surface area contributed by atoms with Gasteiger partial charge in [-0.05, 0) is 30.9 Å². The first-order chi connectivity index (χ1) is 17.4. The third kappa shape index (κ3) is 3.88. The molecule has 10 nitrogen and oxygen atoms in total. The van der Waals surface area contributed by atoms with E-state index in [0.717, 1.165) is 12.8 Å². The SMILES string of the molecule is O=C(O)N(C[C@@H]1O[C@H](n2cc(C3CC3)c(=O)[nH]c2=O)CC1O)C1c2ccccc2Oc2ccccc21. The summed E-state index contributed by atoms with van der Waals surface area (Å²) in [5.74, 6) is 1.25. The lowest BCUT2D eigenvalue weighted by molar-refractivity contribution is -0.0373. The van der Waals surface area contributed by atoms with Crippen molar-refractivity contribution in [2.45, 2.75) is 49.7 Å². The second-order valence-electron chi connectivity index (χ2n) is 9.47. The first kappa shape index (κ1) is 22.6. The molecule has 3 N–H and O–H groups in total. The number of carboxylic acid groups (broad SMARTS) is 1. The lowest BCUT2D eigenvalue weighted by atomic mass is 9.93. The van der Waals surface area contributed by atoms with Crippen molar-refractivity contribution in [3.63, 3.8) is 0 Å². The molecule has 1 unspecified atom stereocenters. The fraction of sp³-hybridized carbons (Fsp3) is 0.346. The van der Waals surface area contributed by atoms with Gasteiger partial charge in [0.05, 0.1) is 18.7 Å². The first-order valence-corrected chi connectivity index (χ1v) is 11.9. The summed E-state index contributed by atoms with van der Waals surface area (Å²) in [5.41, 5.74) is 0.883. The van der Waals surface area contributed by atoms with Gasteiger partial charge in [-0.15, -0.1) is 0 Å². The molecule has 2 fully saturated rings. The first-order valence-electron chi connectivity index (χ1n) is 11.9. The molecule has 1 aliphatic carbocycles. The maximum absolute atomic E-state index is 12.5. The number of nitrogens with one attached hydrogen (secondary N) is 1. The number of para-hydroxylation sites is 2. The van der Waals surface area contributed by atoms with Crippen LogP contribution in [0.5, 0.6) is 11.5 Å². The van der Waals surface area contributed by atoms with E-state index in [2.05, 4.69) is 4.98 Å². The van der Waals surface area contributed by atoms with Crippen molar-refractivity contribution < 1.29 is 24.5 Å². The van der Waals surface area contributed by atoms with Crippen LogP contribution in [0.25, 0.3) is 0 Å². The minimum atomic E-state index is -1.18. The number of benzene rings is 2. The van der Waals surface area contributed by atoms with Crippen LogP contribution in [-0.2, 0) is 4.74 Å². The molecule has 1 aromatic heterocycles. The van der Waals surface area contributed by atoms with E-state index in [1.165, 1.54) is 15.7 Å². The van der Waals surface area contributed by atoms with E-state index in [1.54, 1.807) is 12.1 Å². The number of carbonyl (C=O) groups is 1. The molecule has 3 aliphatic rings. The molecule has 1 amide bonds. The Kier molecular flexibility index (Phi) is 5.42. The van der Waals surface area contributed by atoms with Crippen LogP contribution in [0.4, 0.5) is 4.79 Å². The summed E-state index contributed by atoms with van der Waals surface area (Å²) >= 11 is 0. The predicted molar refractivity (Wildman–Crippen MR) is 127 cm³/mol. The molecule has 3 aromatic rings. The summed E-state index contributed by atoms with van der Waals surface area (Å²) in [6.07, 6.45) is -0.505. The van der Waals surface area contributed by atoms with Crippen molar-refractivity contribution in [1.82, 2.24) is 14.5 Å². The van der Waals surface area contributed by atoms with Crippen molar-refractivity contribution in [2.24, 2.45) is 0 Å². The summed E-state index contributed by atoms with van der Waals surface area (Å²) in [6, 6.07) is 13.8. The van der Waals surface area contributed by atoms with Gasteiger partial charge in [-0.25, -0.2) is 9.59 Å². The van der Waals surface area contributed by atoms with Gasteiger partial charge in [0.1, 0.15) is 23.8 Å². The molecule has 3 atom stereocenters. The van der Waals surface area contributed by atoms with Crippen molar-refractivity contribution >= 4 is 6.09 Å². The van der Waals surface area contributed by atoms with Gasteiger partial charge < -0.3 is 19.7 Å². The summed E-state index contributed by atoms with van der Waals surface area (Å²) in [6.45, 7) is -0.131. The van der Waals surface area contributed by atoms with Gasteiger partial charge in [-0.2, -0.15) is 0 Å². The van der Waals surface area contributed by atoms with Gasteiger partial charge in [0.25, 0.3) is 5.56 Å². The lowest BCUT2D eigenvalue weighted by Crippen LogP contribution is -2.43. The number of rotatable bonds is 5. The second-order valence-corrected chi connectivity index (χ2v) is 9.47. The van der Waals surface area contributed by atoms with Gasteiger partial charge in [-0.1, -0.05) is 36.4 Å². The van der Waals surface area contributed by atoms with Crippen molar-refractivity contribution in [3.8, 4) is 11.5 Å². The average molecular weight is 492 g/mol. The van der Waals surface area contributed by atoms with Gasteiger partial charge in [0.2, 0.25) is 0 Å². The van der Waals surface area contributed by atoms with E-state index < -0.39 is 41.8 Å². The van der Waals surface area contributed by atoms with E-state index >= 15 is 0 Å². The van der Waals surface area contributed by atoms with Crippen LogP contribution in [0.1, 0.15) is 54.1 Å². The molecule has 6 rings (SSSR count). The number of aliphatic hydroxyl groups excluding tert-OH is 1. The molecule has 2 aliphatic heterocycles. The standard InChI is InChI=1S/C26H25N3O7/c30-18-11-22(28-12-17(14-9-10-14)24(31)27-25(28)32)36-21(18)13-29(26(33)34)23-15-5-1-3-7-19(15)35-20-8-4-2-6-16(20)23/h1-8,12,14,18,21-23,30H,9-11,13H2,(H,33,34)(H,27,31,32)/t18?,21-,22-/m0/s1. The number of hydrogen-bond acceptors (Lipinski definition) is 6. The molecule has 10 heteroatoms. The maximum Gasteiger partial charge on any atom is 0.408 e. The third-order valence-corrected chi connectivity index (χ3v) is 7.11. The number of aliphatic hydroxyl groups is 1. The number of fused-ring (bicyclic) bond motifs is 2. The topological polar surface area (TPSA) is 134 Å². The Labute approximate surface area is 205 Å². The molecule has 1 saturated heterocycles. The number of nitrogens with zero attached hydrogens (tertiary/aromatic N) is 2. The molecule has 186 valence electrons. The summed E-state index contributed by atoms with van der Waals surface area (Å²) in [4.78, 5) is 40.8. The largest absolute Gasteiger partial charge is 0.465 e. The molecule has 1 saturated carbocycles. The highest BCUT2D eigenvalue weighted by Gasteiger charge is 2.42. The normalized spacial score (nSPS) is 23.0. The van der Waals surface area contributed by atoms with Crippen molar-refractivity contribution in [2.75, 3.05) is 6.54 Å². The van der Waals surface area contributed by atoms with Crippen LogP contribution >= 0.6 is 0 Å². The Morgan fingerprint density at radius 3 is 2.28 bits per heavy atom. The highest BCUT2D eigenvalue weighted by Crippen LogP contribution is 2.46. The number of amides is 1. The Hall–Kier alpha value is -3.89. The van der Waals surface area contributed by atoms with Crippen molar-refractivity contribution in [1.29, 1.82) is 0 Å². The highest BCUT2D eigenvalue weighted by molar-refractivity contribution is 5.68. The monoisotopic (exact) mass is 491 g/mol. The van der Waals surface area contributed by atoms with Crippen LogP contribution in [-0.4, -0.2) is 49.5 Å². The molecule has 0 bridgehead atoms. The fourth-order valence-electron chi connectivity index (χ4n) is 5.16. The van der Waals surface area contributed by atoms with Crippen LogP contribution in [0.2, 0.25) is 0 Å². The molecule has 0 spiro atoms. The van der Waals surface area contributed by atoms with E-state index in [0.29, 0.717) is 28.2 Å². The van der Waals surface area contributed by atoms with E-state index in [4.69, 9.17) is 9.47 Å². The molecular formula is C26H25N3O7. The number of hydrogen-bond donors (Lipinski definition) is 3. The minimum Gasteiger partial charge on any atom is -0.465 e. The Morgan fingerprint density at radius 1 is 1.03 bits per heavy atom. The third-order valence-electron chi connectivity index (χ3n) is 7.11. The number of aromatic amines is 1. The summed E-state index contributed by atoms with van der Waals surface area (Å²) in [5, 5.41) is 21.1. The van der Waals surface area contributed by atoms with Crippen LogP contribution in [0, 0.1) is 0 Å². The minimum absolute atomic E-state index is 0.0924. The van der Waals surface area contributed by atoms with Crippen LogP contribution in [0.3, 0.4) is 0 Å². The number of ether oxygens (including phenoxy) is 2. The zero-order valence-electron chi connectivity index (χ0n) is 19.2. The maximum atomic E-state index is 12.5. The summed E-state index contributed by atoms with van der Waals surface area (Å²) in [7, 11) is 0. The van der Waals surface area contributed by atoms with E-state index in [-0.39, 0.29) is 18.9 Å². The van der Waals surface area contributed by atoms with Gasteiger partial charge in [-0.3, -0.25) is 19.2 Å². The lowest BCUT2D eigenvalue weighted by Gasteiger charge is -2.36. The zero-order chi connectivity index (χ0) is 25.0. The van der Waals surface area contributed by atoms with Crippen molar-refractivity contribution in [3.05, 3.63) is 92.3 Å². The van der Waals surface area contributed by atoms with Gasteiger partial charge >= 0.3 is 11.8 Å². The summed E-state index contributed by atoms with van der Waals surface area (Å²) < 4.78 is 13.3. The zero-order valence-corrected chi connectivity index (χ0v) is 19.2. The van der Waals surface area contributed by atoms with Crippen LogP contribution in [0.15, 0.2) is 64.3 Å². The fourth-order valence-corrected chi connectivity index (χ4v) is 5.16. The van der Waals surface area contributed by atoms with Gasteiger partial charge in [0, 0.05) is 29.3 Å². The smallest absolute Gasteiger partial charge is 0.408 e.